The molecule has 2 aromatic rings. The van der Waals surface area contributed by atoms with Crippen molar-refractivity contribution in [3.05, 3.63) is 64.2 Å². The molecule has 1 heterocycles. The van der Waals surface area contributed by atoms with E-state index in [1.165, 1.54) is 0 Å². The maximum absolute atomic E-state index is 14.1. The third-order valence-electron chi connectivity index (χ3n) is 6.36. The molecule has 8 heteroatoms. The fourth-order valence-electron chi connectivity index (χ4n) is 4.13. The summed E-state index contributed by atoms with van der Waals surface area (Å²) < 4.78 is 25.3. The van der Waals surface area contributed by atoms with Gasteiger partial charge in [0.1, 0.15) is 48.5 Å². The molecule has 1 aliphatic carbocycles. The molecule has 0 aromatic heterocycles. The number of aliphatic hydroxyl groups excluding tert-OH is 4. The fourth-order valence-corrected chi connectivity index (χ4v) is 4.31. The van der Waals surface area contributed by atoms with Gasteiger partial charge in [-0.15, -0.1) is 0 Å². The van der Waals surface area contributed by atoms with Crippen molar-refractivity contribution in [1.29, 1.82) is 0 Å². The topological polar surface area (TPSA) is 99.4 Å². The van der Waals surface area contributed by atoms with Gasteiger partial charge in [-0.05, 0) is 60.6 Å². The van der Waals surface area contributed by atoms with Crippen molar-refractivity contribution in [2.24, 2.45) is 0 Å². The highest BCUT2D eigenvalue weighted by Crippen LogP contribution is 2.37. The predicted octanol–water partition coefficient (Wildman–Crippen LogP) is 2.72. The van der Waals surface area contributed by atoms with Crippen LogP contribution in [0.25, 0.3) is 0 Å². The number of halogens is 2. The van der Waals surface area contributed by atoms with Crippen LogP contribution < -0.4 is 4.74 Å². The third kappa shape index (κ3) is 4.93. The molecule has 1 aliphatic heterocycles. The van der Waals surface area contributed by atoms with Crippen LogP contribution in [0.3, 0.4) is 0 Å². The van der Waals surface area contributed by atoms with Crippen LogP contribution in [0.5, 0.6) is 5.75 Å². The molecule has 174 valence electrons. The molecule has 5 unspecified atom stereocenters. The molecule has 0 amide bonds. The highest BCUT2D eigenvalue weighted by atomic mass is 35.5. The third-order valence-corrected chi connectivity index (χ3v) is 6.72. The van der Waals surface area contributed by atoms with E-state index >= 15 is 0 Å². The van der Waals surface area contributed by atoms with Crippen molar-refractivity contribution in [3.63, 3.8) is 0 Å². The Morgan fingerprint density at radius 1 is 1.03 bits per heavy atom. The van der Waals surface area contributed by atoms with E-state index < -0.39 is 42.8 Å². The van der Waals surface area contributed by atoms with E-state index in [1.54, 1.807) is 30.3 Å². The summed E-state index contributed by atoms with van der Waals surface area (Å²) in [6.07, 6.45) is -3.60. The van der Waals surface area contributed by atoms with Crippen molar-refractivity contribution in [2.75, 3.05) is 13.2 Å². The summed E-state index contributed by atoms with van der Waals surface area (Å²) in [5.41, 5.74) is 1.13. The lowest BCUT2D eigenvalue weighted by atomic mass is 9.83. The van der Waals surface area contributed by atoms with E-state index in [0.29, 0.717) is 35.6 Å². The summed E-state index contributed by atoms with van der Waals surface area (Å²) in [6, 6.07) is 12.5. The van der Waals surface area contributed by atoms with Gasteiger partial charge in [0.05, 0.1) is 6.61 Å². The average Bonchev–Trinajstić information content (AvgIpc) is 2.77. The highest BCUT2D eigenvalue weighted by Gasteiger charge is 2.44. The Balaban J connectivity index is 1.46. The standard InChI is InChI=1S/C24H28ClFO6/c25-18-7-4-15(23-22(30)21(29)20(28)19(12-27)32-23)11-16(18)10-14-2-5-17(6-3-14)31-13-24(26)8-1-9-24/h2-7,11,19-23,27-30H,1,8-10,12-13H2. The molecular formula is C24H28ClFO6. The van der Waals surface area contributed by atoms with E-state index in [1.807, 2.05) is 12.1 Å². The zero-order valence-corrected chi connectivity index (χ0v) is 18.3. The molecule has 2 aromatic carbocycles. The minimum absolute atomic E-state index is 0.0688. The molecule has 2 fully saturated rings. The minimum atomic E-state index is -1.44. The van der Waals surface area contributed by atoms with Gasteiger partial charge in [-0.2, -0.15) is 0 Å². The summed E-state index contributed by atoms with van der Waals surface area (Å²) in [4.78, 5) is 0. The molecule has 0 spiro atoms. The van der Waals surface area contributed by atoms with Gasteiger partial charge in [-0.25, -0.2) is 4.39 Å². The second-order valence-corrected chi connectivity index (χ2v) is 9.12. The van der Waals surface area contributed by atoms with Crippen molar-refractivity contribution in [1.82, 2.24) is 0 Å². The minimum Gasteiger partial charge on any atom is -0.490 e. The maximum atomic E-state index is 14.1. The lowest BCUT2D eigenvalue weighted by Crippen LogP contribution is -2.55. The van der Waals surface area contributed by atoms with Crippen molar-refractivity contribution >= 4 is 11.6 Å². The summed E-state index contributed by atoms with van der Waals surface area (Å²) in [5, 5.41) is 40.4. The Kier molecular flexibility index (Phi) is 7.05. The normalized spacial score (nSPS) is 29.4. The van der Waals surface area contributed by atoms with Gasteiger partial charge in [-0.3, -0.25) is 0 Å². The molecular weight excluding hydrogens is 439 g/mol. The van der Waals surface area contributed by atoms with Crippen LogP contribution in [-0.2, 0) is 11.2 Å². The molecule has 4 rings (SSSR count). The number of benzene rings is 2. The van der Waals surface area contributed by atoms with Crippen LogP contribution in [-0.4, -0.2) is 63.7 Å². The molecule has 0 radical (unpaired) electrons. The van der Waals surface area contributed by atoms with Crippen LogP contribution in [0, 0.1) is 0 Å². The smallest absolute Gasteiger partial charge is 0.144 e. The number of ether oxygens (including phenoxy) is 2. The van der Waals surface area contributed by atoms with Crippen LogP contribution in [0.4, 0.5) is 4.39 Å². The number of alkyl halides is 1. The van der Waals surface area contributed by atoms with Gasteiger partial charge in [0, 0.05) is 5.02 Å². The van der Waals surface area contributed by atoms with E-state index in [0.717, 1.165) is 17.5 Å². The van der Waals surface area contributed by atoms with E-state index in [4.69, 9.17) is 21.1 Å². The predicted molar refractivity (Wildman–Crippen MR) is 117 cm³/mol. The summed E-state index contributed by atoms with van der Waals surface area (Å²) in [7, 11) is 0. The Labute approximate surface area is 191 Å². The van der Waals surface area contributed by atoms with Gasteiger partial charge in [0.25, 0.3) is 0 Å². The van der Waals surface area contributed by atoms with Crippen LogP contribution in [0.15, 0.2) is 42.5 Å². The number of hydrogen-bond acceptors (Lipinski definition) is 6. The largest absolute Gasteiger partial charge is 0.490 e. The highest BCUT2D eigenvalue weighted by molar-refractivity contribution is 6.31. The zero-order valence-electron chi connectivity index (χ0n) is 17.5. The van der Waals surface area contributed by atoms with E-state index in [2.05, 4.69) is 0 Å². The van der Waals surface area contributed by atoms with Gasteiger partial charge >= 0.3 is 0 Å². The summed E-state index contributed by atoms with van der Waals surface area (Å²) in [6.45, 7) is -0.418. The number of aliphatic hydroxyl groups is 4. The molecule has 1 saturated heterocycles. The first kappa shape index (κ1) is 23.4. The Hall–Kier alpha value is -1.74. The lowest BCUT2D eigenvalue weighted by Gasteiger charge is -2.40. The summed E-state index contributed by atoms with van der Waals surface area (Å²) in [5.74, 6) is 0.610. The Morgan fingerprint density at radius 2 is 1.75 bits per heavy atom. The Morgan fingerprint density at radius 3 is 2.38 bits per heavy atom. The quantitative estimate of drug-likeness (QED) is 0.501. The second kappa shape index (κ2) is 9.63. The SMILES string of the molecule is OCC1OC(c2ccc(Cl)c(Cc3ccc(OCC4(F)CCC4)cc3)c2)C(O)C(O)C1O. The van der Waals surface area contributed by atoms with Gasteiger partial charge in [0.15, 0.2) is 0 Å². The van der Waals surface area contributed by atoms with Crippen LogP contribution in [0.1, 0.15) is 42.1 Å². The van der Waals surface area contributed by atoms with Gasteiger partial charge < -0.3 is 29.9 Å². The molecule has 2 aliphatic rings. The average molecular weight is 467 g/mol. The van der Waals surface area contributed by atoms with E-state index in [-0.39, 0.29) is 6.61 Å². The lowest BCUT2D eigenvalue weighted by molar-refractivity contribution is -0.231. The second-order valence-electron chi connectivity index (χ2n) is 8.71. The maximum Gasteiger partial charge on any atom is 0.144 e. The van der Waals surface area contributed by atoms with Crippen molar-refractivity contribution in [3.8, 4) is 5.75 Å². The summed E-state index contributed by atoms with van der Waals surface area (Å²) >= 11 is 6.38. The number of hydrogen-bond donors (Lipinski definition) is 4. The Bertz CT molecular complexity index is 917. The molecule has 4 N–H and O–H groups in total. The first-order valence-corrected chi connectivity index (χ1v) is 11.2. The van der Waals surface area contributed by atoms with Gasteiger partial charge in [0.2, 0.25) is 0 Å². The van der Waals surface area contributed by atoms with Gasteiger partial charge in [-0.1, -0.05) is 35.9 Å². The molecule has 6 nitrogen and oxygen atoms in total. The van der Waals surface area contributed by atoms with Crippen molar-refractivity contribution < 1.29 is 34.3 Å². The first-order valence-electron chi connectivity index (χ1n) is 10.8. The molecule has 1 saturated carbocycles. The molecule has 32 heavy (non-hydrogen) atoms. The molecule has 0 bridgehead atoms. The van der Waals surface area contributed by atoms with Crippen LogP contribution in [0.2, 0.25) is 5.02 Å². The van der Waals surface area contributed by atoms with Crippen molar-refractivity contribution in [2.45, 2.75) is 61.9 Å². The number of rotatable bonds is 7. The monoisotopic (exact) mass is 466 g/mol. The van der Waals surface area contributed by atoms with Crippen LogP contribution >= 0.6 is 11.6 Å². The zero-order chi connectivity index (χ0) is 22.9. The first-order chi connectivity index (χ1) is 15.3. The molecule has 5 atom stereocenters. The van der Waals surface area contributed by atoms with E-state index in [9.17, 15) is 24.8 Å². The fraction of sp³-hybridized carbons (Fsp3) is 0.500.